The number of rotatable bonds is 3. The zero-order chi connectivity index (χ0) is 14.0. The molecule has 0 aliphatic rings. The topological polar surface area (TPSA) is 99.2 Å². The molecule has 100 valence electrons. The third kappa shape index (κ3) is 4.37. The number of thiazole rings is 1. The van der Waals surface area contributed by atoms with Gasteiger partial charge in [0.05, 0.1) is 10.6 Å². The molecule has 2 aromatic rings. The Kier molecular flexibility index (Phi) is 5.87. The number of hydrogen-bond donors (Lipinski definition) is 1. The SMILES string of the molecule is CC(=O)Nc1nc(-c2ccc(S(=O)(=O)[O-])cc2)cs1.[Na+]. The minimum atomic E-state index is -4.44. The summed E-state index contributed by atoms with van der Waals surface area (Å²) >= 11 is 1.26. The number of benzene rings is 1. The van der Waals surface area contributed by atoms with Crippen LogP contribution in [0.15, 0.2) is 34.5 Å². The Balaban J connectivity index is 0.00000200. The summed E-state index contributed by atoms with van der Waals surface area (Å²) in [5.41, 5.74) is 1.27. The maximum Gasteiger partial charge on any atom is 1.00 e. The van der Waals surface area contributed by atoms with Crippen LogP contribution < -0.4 is 34.9 Å². The number of carbonyl (C=O) groups is 1. The second-order valence-electron chi connectivity index (χ2n) is 3.70. The first-order chi connectivity index (χ1) is 8.86. The molecule has 1 amide bonds. The van der Waals surface area contributed by atoms with Crippen molar-refractivity contribution in [2.45, 2.75) is 11.8 Å². The van der Waals surface area contributed by atoms with Crippen LogP contribution >= 0.6 is 11.3 Å². The molecule has 1 aromatic heterocycles. The molecule has 0 aliphatic carbocycles. The minimum absolute atomic E-state index is 0. The van der Waals surface area contributed by atoms with E-state index in [2.05, 4.69) is 10.3 Å². The molecule has 0 saturated carbocycles. The van der Waals surface area contributed by atoms with E-state index in [1.54, 1.807) is 5.38 Å². The molecule has 20 heavy (non-hydrogen) atoms. The molecule has 0 atom stereocenters. The molecular weight excluding hydrogens is 311 g/mol. The van der Waals surface area contributed by atoms with Crippen molar-refractivity contribution in [1.29, 1.82) is 0 Å². The number of aromatic nitrogens is 1. The van der Waals surface area contributed by atoms with E-state index in [1.165, 1.54) is 42.5 Å². The molecule has 6 nitrogen and oxygen atoms in total. The van der Waals surface area contributed by atoms with E-state index in [0.717, 1.165) is 0 Å². The Labute approximate surface area is 142 Å². The van der Waals surface area contributed by atoms with Gasteiger partial charge in [-0.05, 0) is 12.1 Å². The predicted octanol–water partition coefficient (Wildman–Crippen LogP) is -1.32. The molecule has 1 aromatic carbocycles. The summed E-state index contributed by atoms with van der Waals surface area (Å²) in [5.74, 6) is -0.214. The first kappa shape index (κ1) is 17.3. The Morgan fingerprint density at radius 1 is 1.30 bits per heavy atom. The molecule has 2 rings (SSSR count). The van der Waals surface area contributed by atoms with E-state index >= 15 is 0 Å². The van der Waals surface area contributed by atoms with E-state index < -0.39 is 10.1 Å². The largest absolute Gasteiger partial charge is 1.00 e. The smallest absolute Gasteiger partial charge is 0.744 e. The van der Waals surface area contributed by atoms with E-state index in [1.807, 2.05) is 0 Å². The van der Waals surface area contributed by atoms with Crippen LogP contribution in [0.3, 0.4) is 0 Å². The number of hydrogen-bond acceptors (Lipinski definition) is 6. The number of anilines is 1. The van der Waals surface area contributed by atoms with Gasteiger partial charge in [0.25, 0.3) is 0 Å². The fourth-order valence-corrected chi connectivity index (χ4v) is 2.64. The summed E-state index contributed by atoms with van der Waals surface area (Å²) in [6.45, 7) is 1.38. The molecular formula is C11H9N2NaO4S2. The Bertz CT molecular complexity index is 710. The number of carbonyl (C=O) groups excluding carboxylic acids is 1. The van der Waals surface area contributed by atoms with Gasteiger partial charge in [-0.1, -0.05) is 12.1 Å². The normalized spacial score (nSPS) is 10.7. The molecule has 0 saturated heterocycles. The average Bonchev–Trinajstić information content (AvgIpc) is 2.75. The second-order valence-corrected chi connectivity index (χ2v) is 5.94. The third-order valence-corrected chi connectivity index (χ3v) is 3.83. The number of amides is 1. The van der Waals surface area contributed by atoms with Gasteiger partial charge in [-0.15, -0.1) is 11.3 Å². The van der Waals surface area contributed by atoms with Gasteiger partial charge in [-0.25, -0.2) is 13.4 Å². The van der Waals surface area contributed by atoms with Crippen molar-refractivity contribution in [3.63, 3.8) is 0 Å². The van der Waals surface area contributed by atoms with E-state index in [-0.39, 0.29) is 40.4 Å². The van der Waals surface area contributed by atoms with Crippen molar-refractivity contribution < 1.29 is 47.3 Å². The van der Waals surface area contributed by atoms with E-state index in [4.69, 9.17) is 0 Å². The summed E-state index contributed by atoms with van der Waals surface area (Å²) in [6, 6.07) is 5.46. The van der Waals surface area contributed by atoms with Gasteiger partial charge in [0.2, 0.25) is 5.91 Å². The molecule has 0 aliphatic heterocycles. The van der Waals surface area contributed by atoms with Crippen molar-refractivity contribution >= 4 is 32.5 Å². The summed E-state index contributed by atoms with van der Waals surface area (Å²) in [7, 11) is -4.44. The van der Waals surface area contributed by atoms with Crippen molar-refractivity contribution in [2.75, 3.05) is 5.32 Å². The fraction of sp³-hybridized carbons (Fsp3) is 0.0909. The zero-order valence-corrected chi connectivity index (χ0v) is 14.4. The molecule has 0 radical (unpaired) electrons. The number of nitrogens with zero attached hydrogens (tertiary/aromatic N) is 1. The van der Waals surface area contributed by atoms with Crippen LogP contribution in [-0.2, 0) is 14.9 Å². The number of nitrogens with one attached hydrogen (secondary N) is 1. The van der Waals surface area contributed by atoms with Crippen LogP contribution in [0.1, 0.15) is 6.92 Å². The zero-order valence-electron chi connectivity index (χ0n) is 10.8. The van der Waals surface area contributed by atoms with Crippen molar-refractivity contribution in [1.82, 2.24) is 4.98 Å². The molecule has 1 heterocycles. The first-order valence-electron chi connectivity index (χ1n) is 5.16. The van der Waals surface area contributed by atoms with Gasteiger partial charge in [0, 0.05) is 17.9 Å². The van der Waals surface area contributed by atoms with E-state index in [9.17, 15) is 17.8 Å². The third-order valence-electron chi connectivity index (χ3n) is 2.23. The summed E-state index contributed by atoms with van der Waals surface area (Å²) in [4.78, 5) is 14.8. The standard InChI is InChI=1S/C11H10N2O4S2.Na/c1-7(14)12-11-13-10(6-18-11)8-2-4-9(5-3-8)19(15,16)17;/h2-6H,1H3,(H,12,13,14)(H,15,16,17);/q;+1/p-1. The molecule has 9 heteroatoms. The van der Waals surface area contributed by atoms with E-state index in [0.29, 0.717) is 16.4 Å². The van der Waals surface area contributed by atoms with Crippen LogP contribution in [0, 0.1) is 0 Å². The monoisotopic (exact) mass is 320 g/mol. The van der Waals surface area contributed by atoms with Gasteiger partial charge >= 0.3 is 29.6 Å². The molecule has 0 unspecified atom stereocenters. The van der Waals surface area contributed by atoms with Crippen LogP contribution in [0.4, 0.5) is 5.13 Å². The Hall–Kier alpha value is -0.770. The van der Waals surface area contributed by atoms with Crippen LogP contribution in [-0.4, -0.2) is 23.9 Å². The minimum Gasteiger partial charge on any atom is -0.744 e. The van der Waals surface area contributed by atoms with Crippen molar-refractivity contribution in [2.24, 2.45) is 0 Å². The van der Waals surface area contributed by atoms with Crippen LogP contribution in [0.5, 0.6) is 0 Å². The fourth-order valence-electron chi connectivity index (χ4n) is 1.41. The van der Waals surface area contributed by atoms with Crippen LogP contribution in [0.25, 0.3) is 11.3 Å². The van der Waals surface area contributed by atoms with Crippen molar-refractivity contribution in [3.05, 3.63) is 29.6 Å². The Morgan fingerprint density at radius 2 is 1.90 bits per heavy atom. The van der Waals surface area contributed by atoms with Crippen molar-refractivity contribution in [3.8, 4) is 11.3 Å². The van der Waals surface area contributed by atoms with Gasteiger partial charge in [-0.3, -0.25) is 4.79 Å². The van der Waals surface area contributed by atoms with Gasteiger partial charge in [0.15, 0.2) is 5.13 Å². The second kappa shape index (κ2) is 6.79. The van der Waals surface area contributed by atoms with Gasteiger partial charge in [0.1, 0.15) is 10.1 Å². The maximum absolute atomic E-state index is 10.9. The maximum atomic E-state index is 10.9. The quantitative estimate of drug-likeness (QED) is 0.558. The Morgan fingerprint density at radius 3 is 2.40 bits per heavy atom. The predicted molar refractivity (Wildman–Crippen MR) is 69.8 cm³/mol. The molecule has 0 fully saturated rings. The first-order valence-corrected chi connectivity index (χ1v) is 7.44. The van der Waals surface area contributed by atoms with Crippen LogP contribution in [0.2, 0.25) is 0 Å². The molecule has 0 bridgehead atoms. The molecule has 1 N–H and O–H groups in total. The summed E-state index contributed by atoms with van der Waals surface area (Å²) in [5, 5.41) is 4.74. The summed E-state index contributed by atoms with van der Waals surface area (Å²) < 4.78 is 32.4. The molecule has 0 spiro atoms. The summed E-state index contributed by atoms with van der Waals surface area (Å²) in [6.07, 6.45) is 0. The van der Waals surface area contributed by atoms with Gasteiger partial charge in [-0.2, -0.15) is 0 Å². The van der Waals surface area contributed by atoms with Gasteiger partial charge < -0.3 is 9.87 Å². The average molecular weight is 320 g/mol.